The van der Waals surface area contributed by atoms with E-state index in [4.69, 9.17) is 23.7 Å². The van der Waals surface area contributed by atoms with Gasteiger partial charge < -0.3 is 23.7 Å². The monoisotopic (exact) mass is 408 g/mol. The number of hydrogen-bond donors (Lipinski definition) is 0. The molecule has 5 nitrogen and oxygen atoms in total. The van der Waals surface area contributed by atoms with Crippen LogP contribution >= 0.6 is 0 Å². The Morgan fingerprint density at radius 2 is 1.36 bits per heavy atom. The number of unbranched alkanes of at least 4 members (excludes halogenated alkanes) is 1. The lowest BCUT2D eigenvalue weighted by Gasteiger charge is -2.11. The zero-order valence-electron chi connectivity index (χ0n) is 18.0. The molecule has 2 radical (unpaired) electrons. The SMILES string of the molecule is CCCCOCCOCCOCc1cc2c(cc1CCC)OCO2.CC[CH2][Al]. The number of benzene rings is 1. The molecule has 1 heterocycles. The van der Waals surface area contributed by atoms with Gasteiger partial charge in [-0.3, -0.25) is 0 Å². The first-order chi connectivity index (χ1) is 13.8. The van der Waals surface area contributed by atoms with Crippen LogP contribution in [0.2, 0.25) is 5.28 Å². The van der Waals surface area contributed by atoms with E-state index in [1.54, 1.807) is 0 Å². The highest BCUT2D eigenvalue weighted by Crippen LogP contribution is 2.35. The molecule has 0 aromatic heterocycles. The normalized spacial score (nSPS) is 12.0. The lowest BCUT2D eigenvalue weighted by Crippen LogP contribution is -2.10. The molecule has 6 heteroatoms. The summed E-state index contributed by atoms with van der Waals surface area (Å²) in [6.45, 7) is 10.6. The van der Waals surface area contributed by atoms with E-state index in [9.17, 15) is 0 Å². The Morgan fingerprint density at radius 3 is 1.93 bits per heavy atom. The highest BCUT2D eigenvalue weighted by molar-refractivity contribution is 6.08. The molecular formula is C22H37AlO5. The van der Waals surface area contributed by atoms with E-state index >= 15 is 0 Å². The van der Waals surface area contributed by atoms with Crippen molar-refractivity contribution in [3.05, 3.63) is 23.3 Å². The van der Waals surface area contributed by atoms with Gasteiger partial charge in [0, 0.05) is 6.61 Å². The molecule has 0 fully saturated rings. The number of ether oxygens (including phenoxy) is 5. The summed E-state index contributed by atoms with van der Waals surface area (Å²) in [4.78, 5) is 0. The first-order valence-electron chi connectivity index (χ1n) is 10.6. The van der Waals surface area contributed by atoms with Crippen LogP contribution in [-0.2, 0) is 27.2 Å². The molecule has 0 unspecified atom stereocenters. The third-order valence-electron chi connectivity index (χ3n) is 4.15. The summed E-state index contributed by atoms with van der Waals surface area (Å²) in [7, 11) is 0. The molecule has 1 aliphatic rings. The predicted molar refractivity (Wildman–Crippen MR) is 114 cm³/mol. The molecule has 0 spiro atoms. The van der Waals surface area contributed by atoms with Crippen molar-refractivity contribution in [1.82, 2.24) is 0 Å². The quantitative estimate of drug-likeness (QED) is 0.330. The van der Waals surface area contributed by atoms with Gasteiger partial charge in [-0.2, -0.15) is 0 Å². The van der Waals surface area contributed by atoms with E-state index in [0.29, 0.717) is 39.8 Å². The van der Waals surface area contributed by atoms with Crippen LogP contribution in [-0.4, -0.2) is 56.1 Å². The second-order valence-electron chi connectivity index (χ2n) is 6.64. The lowest BCUT2D eigenvalue weighted by molar-refractivity contribution is 0.0101. The second-order valence-corrected chi connectivity index (χ2v) is 7.22. The summed E-state index contributed by atoms with van der Waals surface area (Å²) in [6.07, 6.45) is 5.66. The van der Waals surface area contributed by atoms with E-state index in [1.807, 2.05) is 6.07 Å². The zero-order valence-corrected chi connectivity index (χ0v) is 19.1. The summed E-state index contributed by atoms with van der Waals surface area (Å²) < 4.78 is 27.6. The minimum absolute atomic E-state index is 0.305. The number of fused-ring (bicyclic) bond motifs is 1. The maximum Gasteiger partial charge on any atom is 0.231 e. The van der Waals surface area contributed by atoms with Gasteiger partial charge in [0.15, 0.2) is 11.5 Å². The van der Waals surface area contributed by atoms with E-state index in [-0.39, 0.29) is 0 Å². The van der Waals surface area contributed by atoms with E-state index in [2.05, 4.69) is 43.1 Å². The van der Waals surface area contributed by atoms with E-state index in [0.717, 1.165) is 43.8 Å². The van der Waals surface area contributed by atoms with Gasteiger partial charge in [0.2, 0.25) is 6.79 Å². The van der Waals surface area contributed by atoms with Crippen LogP contribution in [0.15, 0.2) is 12.1 Å². The number of hydrogen-bond acceptors (Lipinski definition) is 5. The van der Waals surface area contributed by atoms with Gasteiger partial charge in [-0.15, -0.1) is 5.28 Å². The molecule has 28 heavy (non-hydrogen) atoms. The molecule has 2 rings (SSSR count). The largest absolute Gasteiger partial charge is 0.454 e. The van der Waals surface area contributed by atoms with Gasteiger partial charge >= 0.3 is 0 Å². The van der Waals surface area contributed by atoms with Crippen molar-refractivity contribution in [1.29, 1.82) is 0 Å². The van der Waals surface area contributed by atoms with Crippen molar-refractivity contribution in [2.45, 2.75) is 64.8 Å². The summed E-state index contributed by atoms with van der Waals surface area (Å²) >= 11 is 2.66. The minimum atomic E-state index is 0.305. The van der Waals surface area contributed by atoms with Crippen molar-refractivity contribution >= 4 is 16.3 Å². The topological polar surface area (TPSA) is 46.2 Å². The standard InChI is InChI=1S/C19H30O5.C3H7.Al/c1-3-5-7-20-8-9-21-10-11-22-14-17-13-19-18(23-15-24-19)12-16(17)6-4-2;1-3-2;/h12-13H,3-11,14-15H2,1-2H3;1,3H2,2H3;. The van der Waals surface area contributed by atoms with Crippen LogP contribution in [0, 0.1) is 0 Å². The molecule has 1 aromatic carbocycles. The zero-order chi connectivity index (χ0) is 20.5. The molecule has 1 aliphatic heterocycles. The molecule has 1 aromatic rings. The fraction of sp³-hybridized carbons (Fsp3) is 0.727. The Kier molecular flexibility index (Phi) is 15.5. The van der Waals surface area contributed by atoms with Crippen molar-refractivity contribution in [3.8, 4) is 11.5 Å². The fourth-order valence-electron chi connectivity index (χ4n) is 2.53. The number of rotatable bonds is 14. The lowest BCUT2D eigenvalue weighted by atomic mass is 10.0. The van der Waals surface area contributed by atoms with Crippen LogP contribution in [0.4, 0.5) is 0 Å². The van der Waals surface area contributed by atoms with Gasteiger partial charge in [-0.1, -0.05) is 40.0 Å². The first-order valence-corrected chi connectivity index (χ1v) is 11.4. The third-order valence-corrected chi connectivity index (χ3v) is 4.72. The second kappa shape index (κ2) is 17.1. The molecule has 0 amide bonds. The molecule has 0 bridgehead atoms. The van der Waals surface area contributed by atoms with Crippen LogP contribution in [0.25, 0.3) is 0 Å². The van der Waals surface area contributed by atoms with Crippen molar-refractivity contribution < 1.29 is 23.7 Å². The first kappa shape index (κ1) is 25.3. The van der Waals surface area contributed by atoms with Crippen molar-refractivity contribution in [3.63, 3.8) is 0 Å². The van der Waals surface area contributed by atoms with Gasteiger partial charge in [-0.25, -0.2) is 0 Å². The Balaban J connectivity index is 0.000000892. The predicted octanol–water partition coefficient (Wildman–Crippen LogP) is 4.70. The summed E-state index contributed by atoms with van der Waals surface area (Å²) in [5.74, 6) is 1.66. The summed E-state index contributed by atoms with van der Waals surface area (Å²) in [5, 5.41) is 1.24. The van der Waals surface area contributed by atoms with Crippen LogP contribution in [0.5, 0.6) is 11.5 Å². The average molecular weight is 409 g/mol. The number of aryl methyl sites for hydroxylation is 1. The maximum atomic E-state index is 5.75. The van der Waals surface area contributed by atoms with Gasteiger partial charge in [-0.05, 0) is 36.1 Å². The Bertz CT molecular complexity index is 508. The fourth-order valence-corrected chi connectivity index (χ4v) is 2.53. The summed E-state index contributed by atoms with van der Waals surface area (Å²) in [5.41, 5.74) is 2.44. The van der Waals surface area contributed by atoms with Gasteiger partial charge in [0.1, 0.15) is 16.3 Å². The molecule has 0 saturated carbocycles. The van der Waals surface area contributed by atoms with Crippen LogP contribution < -0.4 is 9.47 Å². The molecule has 0 atom stereocenters. The molecule has 0 N–H and O–H groups in total. The molecule has 158 valence electrons. The highest BCUT2D eigenvalue weighted by atomic mass is 27.0. The maximum absolute atomic E-state index is 5.75. The molecule has 0 saturated heterocycles. The molecule has 0 aliphatic carbocycles. The Labute approximate surface area is 179 Å². The molecular weight excluding hydrogens is 371 g/mol. The van der Waals surface area contributed by atoms with E-state index < -0.39 is 0 Å². The third kappa shape index (κ3) is 10.7. The average Bonchev–Trinajstić information content (AvgIpc) is 3.17. The summed E-state index contributed by atoms with van der Waals surface area (Å²) in [6, 6.07) is 4.12. The highest BCUT2D eigenvalue weighted by Gasteiger charge is 2.16. The Hall–Kier alpha value is -0.768. The smallest absolute Gasteiger partial charge is 0.231 e. The van der Waals surface area contributed by atoms with Gasteiger partial charge in [0.05, 0.1) is 33.0 Å². The minimum Gasteiger partial charge on any atom is -0.454 e. The van der Waals surface area contributed by atoms with Crippen LogP contribution in [0.3, 0.4) is 0 Å². The van der Waals surface area contributed by atoms with Crippen molar-refractivity contribution in [2.75, 3.05) is 39.8 Å². The Morgan fingerprint density at radius 1 is 0.786 bits per heavy atom. The van der Waals surface area contributed by atoms with Gasteiger partial charge in [0.25, 0.3) is 0 Å². The van der Waals surface area contributed by atoms with Crippen LogP contribution in [0.1, 0.15) is 57.6 Å². The van der Waals surface area contributed by atoms with E-state index in [1.165, 1.54) is 22.8 Å². The van der Waals surface area contributed by atoms with Crippen molar-refractivity contribution in [2.24, 2.45) is 0 Å².